The van der Waals surface area contributed by atoms with Crippen LogP contribution in [0.2, 0.25) is 0 Å². The Balaban J connectivity index is 2.83. The van der Waals surface area contributed by atoms with Crippen LogP contribution >= 0.6 is 0 Å². The molecule has 0 radical (unpaired) electrons. The van der Waals surface area contributed by atoms with Crippen LogP contribution in [0.1, 0.15) is 99.5 Å². The van der Waals surface area contributed by atoms with Gasteiger partial charge in [-0.3, -0.25) is 0 Å². The monoisotopic (exact) mass is 382 g/mol. The summed E-state index contributed by atoms with van der Waals surface area (Å²) in [6.07, 6.45) is 16.6. The molecule has 0 heterocycles. The molecule has 0 amide bonds. The van der Waals surface area contributed by atoms with Crippen LogP contribution in [0.25, 0.3) is 0 Å². The van der Waals surface area contributed by atoms with Crippen LogP contribution in [-0.4, -0.2) is 0 Å². The van der Waals surface area contributed by atoms with Gasteiger partial charge >= 0.3 is 0 Å². The largest absolute Gasteiger partial charge is 0.0846 e. The van der Waals surface area contributed by atoms with Gasteiger partial charge in [-0.1, -0.05) is 129 Å². The second-order valence-electron chi connectivity index (χ2n) is 10.4. The maximum Gasteiger partial charge on any atom is 0.0107 e. The van der Waals surface area contributed by atoms with Gasteiger partial charge in [-0.15, -0.1) is 0 Å². The average molecular weight is 383 g/mol. The van der Waals surface area contributed by atoms with E-state index in [9.17, 15) is 0 Å². The summed E-state index contributed by atoms with van der Waals surface area (Å²) in [5, 5.41) is 0. The van der Waals surface area contributed by atoms with Crippen molar-refractivity contribution in [2.75, 3.05) is 0 Å². The van der Waals surface area contributed by atoms with E-state index in [0.29, 0.717) is 16.7 Å². The molecule has 0 heteroatoms. The van der Waals surface area contributed by atoms with E-state index in [0.717, 1.165) is 6.42 Å². The molecule has 0 aliphatic heterocycles. The van der Waals surface area contributed by atoms with E-state index in [1.807, 2.05) is 0 Å². The van der Waals surface area contributed by atoms with Crippen molar-refractivity contribution in [1.29, 1.82) is 0 Å². The fraction of sp³-hybridized carbons (Fsp3) is 0.643. The summed E-state index contributed by atoms with van der Waals surface area (Å²) in [4.78, 5) is 0. The molecule has 0 fully saturated rings. The van der Waals surface area contributed by atoms with Crippen LogP contribution in [0.15, 0.2) is 54.6 Å². The van der Waals surface area contributed by atoms with Crippen molar-refractivity contribution >= 4 is 0 Å². The molecule has 0 bridgehead atoms. The van der Waals surface area contributed by atoms with Crippen molar-refractivity contribution in [3.8, 4) is 0 Å². The molecule has 1 aromatic carbocycles. The predicted molar refractivity (Wildman–Crippen MR) is 128 cm³/mol. The third-order valence-electron chi connectivity index (χ3n) is 7.23. The van der Waals surface area contributed by atoms with E-state index < -0.39 is 0 Å². The molecule has 0 nitrogen and oxygen atoms in total. The second-order valence-corrected chi connectivity index (χ2v) is 10.4. The van der Waals surface area contributed by atoms with Gasteiger partial charge in [0, 0.05) is 5.41 Å². The Labute approximate surface area is 176 Å². The first-order valence-corrected chi connectivity index (χ1v) is 11.5. The maximum atomic E-state index is 2.49. The smallest absolute Gasteiger partial charge is 0.0107 e. The van der Waals surface area contributed by atoms with Crippen LogP contribution in [0.4, 0.5) is 0 Å². The van der Waals surface area contributed by atoms with Gasteiger partial charge in [0.2, 0.25) is 0 Å². The second kappa shape index (κ2) is 11.0. The van der Waals surface area contributed by atoms with Gasteiger partial charge in [0.05, 0.1) is 0 Å². The molecule has 0 saturated heterocycles. The number of rotatable bonds is 11. The molecule has 2 unspecified atom stereocenters. The fourth-order valence-electron chi connectivity index (χ4n) is 4.27. The van der Waals surface area contributed by atoms with Crippen molar-refractivity contribution in [2.24, 2.45) is 16.7 Å². The van der Waals surface area contributed by atoms with E-state index >= 15 is 0 Å². The molecular formula is C28H46. The highest BCUT2D eigenvalue weighted by Crippen LogP contribution is 2.48. The standard InChI is InChI=1S/C28H46/c1-9-10-11-12-16-21-27(7,25-19-14-13-15-20-25)22-17-18-23-28(8,24(2)3)26(4,5)6/h11-16,19-21,24H,9-10,17-18,22-23H2,1-8H3/b12-11-,21-16?. The van der Waals surface area contributed by atoms with Gasteiger partial charge in [-0.2, -0.15) is 0 Å². The number of hydrogen-bond donors (Lipinski definition) is 0. The molecule has 0 N–H and O–H groups in total. The molecule has 28 heavy (non-hydrogen) atoms. The first-order valence-electron chi connectivity index (χ1n) is 11.5. The van der Waals surface area contributed by atoms with E-state index in [1.165, 1.54) is 37.7 Å². The topological polar surface area (TPSA) is 0 Å². The zero-order chi connectivity index (χ0) is 21.3. The lowest BCUT2D eigenvalue weighted by molar-refractivity contribution is 0.0382. The number of hydrogen-bond acceptors (Lipinski definition) is 0. The highest BCUT2D eigenvalue weighted by Gasteiger charge is 2.39. The zero-order valence-electron chi connectivity index (χ0n) is 20.0. The van der Waals surface area contributed by atoms with E-state index in [4.69, 9.17) is 0 Å². The van der Waals surface area contributed by atoms with Crippen molar-refractivity contribution < 1.29 is 0 Å². The SMILES string of the molecule is CCC/C=C\C=CC(C)(CCCCC(C)(C(C)C)C(C)(C)C)c1ccccc1. The van der Waals surface area contributed by atoms with E-state index in [-0.39, 0.29) is 5.41 Å². The van der Waals surface area contributed by atoms with Gasteiger partial charge < -0.3 is 0 Å². The maximum absolute atomic E-state index is 2.49. The summed E-state index contributed by atoms with van der Waals surface area (Å²) in [6, 6.07) is 11.0. The fourth-order valence-corrected chi connectivity index (χ4v) is 4.27. The minimum atomic E-state index is 0.105. The van der Waals surface area contributed by atoms with Gasteiger partial charge in [-0.05, 0) is 41.6 Å². The Bertz CT molecular complexity index is 599. The third-order valence-corrected chi connectivity index (χ3v) is 7.23. The zero-order valence-corrected chi connectivity index (χ0v) is 20.0. The van der Waals surface area contributed by atoms with Crippen molar-refractivity contribution in [2.45, 2.75) is 99.3 Å². The minimum absolute atomic E-state index is 0.105. The molecule has 0 saturated carbocycles. The quantitative estimate of drug-likeness (QED) is 0.264. The Morgan fingerprint density at radius 2 is 1.46 bits per heavy atom. The van der Waals surface area contributed by atoms with E-state index in [2.05, 4.69) is 110 Å². The highest BCUT2D eigenvalue weighted by molar-refractivity contribution is 5.30. The first-order chi connectivity index (χ1) is 13.1. The first kappa shape index (κ1) is 24.7. The number of allylic oxidation sites excluding steroid dienone is 4. The minimum Gasteiger partial charge on any atom is -0.0846 e. The Morgan fingerprint density at radius 3 is 2.00 bits per heavy atom. The normalized spacial score (nSPS) is 17.3. The summed E-state index contributed by atoms with van der Waals surface area (Å²) in [7, 11) is 0. The summed E-state index contributed by atoms with van der Waals surface area (Å²) in [6.45, 7) is 19.1. The molecule has 0 aromatic heterocycles. The van der Waals surface area contributed by atoms with Crippen molar-refractivity contribution in [1.82, 2.24) is 0 Å². The molecule has 158 valence electrons. The Morgan fingerprint density at radius 1 is 0.857 bits per heavy atom. The summed E-state index contributed by atoms with van der Waals surface area (Å²) in [5.74, 6) is 0.705. The molecule has 0 spiro atoms. The molecule has 0 aliphatic carbocycles. The summed E-state index contributed by atoms with van der Waals surface area (Å²) < 4.78 is 0. The van der Waals surface area contributed by atoms with Crippen molar-refractivity contribution in [3.05, 3.63) is 60.2 Å². The Kier molecular flexibility index (Phi) is 9.75. The molecule has 2 atom stereocenters. The van der Waals surface area contributed by atoms with Gasteiger partial charge in [-0.25, -0.2) is 0 Å². The predicted octanol–water partition coefficient (Wildman–Crippen LogP) is 9.13. The number of unbranched alkanes of at least 4 members (excludes halogenated alkanes) is 2. The molecule has 1 aromatic rings. The van der Waals surface area contributed by atoms with Crippen LogP contribution in [-0.2, 0) is 5.41 Å². The highest BCUT2D eigenvalue weighted by atomic mass is 14.4. The summed E-state index contributed by atoms with van der Waals surface area (Å²) in [5.41, 5.74) is 2.26. The number of benzene rings is 1. The molecular weight excluding hydrogens is 336 g/mol. The lowest BCUT2D eigenvalue weighted by Gasteiger charge is -2.46. The molecule has 1 rings (SSSR count). The molecule has 0 aliphatic rings. The summed E-state index contributed by atoms with van der Waals surface area (Å²) >= 11 is 0. The van der Waals surface area contributed by atoms with Crippen LogP contribution < -0.4 is 0 Å². The van der Waals surface area contributed by atoms with Crippen LogP contribution in [0.3, 0.4) is 0 Å². The van der Waals surface area contributed by atoms with Crippen LogP contribution in [0, 0.1) is 16.7 Å². The van der Waals surface area contributed by atoms with Crippen molar-refractivity contribution in [3.63, 3.8) is 0 Å². The lowest BCUT2D eigenvalue weighted by Crippen LogP contribution is -2.37. The Hall–Kier alpha value is -1.30. The van der Waals surface area contributed by atoms with Gasteiger partial charge in [0.15, 0.2) is 0 Å². The average Bonchev–Trinajstić information content (AvgIpc) is 2.64. The van der Waals surface area contributed by atoms with Crippen LogP contribution in [0.5, 0.6) is 0 Å². The lowest BCUT2D eigenvalue weighted by atomic mass is 9.59. The van der Waals surface area contributed by atoms with E-state index in [1.54, 1.807) is 0 Å². The van der Waals surface area contributed by atoms with Gasteiger partial charge in [0.1, 0.15) is 0 Å². The van der Waals surface area contributed by atoms with Gasteiger partial charge in [0.25, 0.3) is 0 Å². The third kappa shape index (κ3) is 6.94.